The third-order valence-corrected chi connectivity index (χ3v) is 4.70. The molecule has 156 valence electrons. The van der Waals surface area contributed by atoms with Crippen LogP contribution in [0.1, 0.15) is 27.6 Å². The monoisotopic (exact) mass is 416 g/mol. The predicted molar refractivity (Wildman–Crippen MR) is 114 cm³/mol. The van der Waals surface area contributed by atoms with E-state index in [1.165, 1.54) is 13.4 Å². The molecule has 0 aliphatic carbocycles. The van der Waals surface area contributed by atoms with E-state index in [4.69, 9.17) is 9.47 Å². The fraction of sp³-hybridized carbons (Fsp3) is 0.130. The highest BCUT2D eigenvalue weighted by Gasteiger charge is 2.27. The molecule has 8 nitrogen and oxygen atoms in total. The lowest BCUT2D eigenvalue weighted by atomic mass is 10.1. The summed E-state index contributed by atoms with van der Waals surface area (Å²) in [5.41, 5.74) is 2.86. The Morgan fingerprint density at radius 2 is 1.87 bits per heavy atom. The summed E-state index contributed by atoms with van der Waals surface area (Å²) in [6, 6.07) is 17.5. The minimum Gasteiger partial charge on any atom is -0.495 e. The molecular weight excluding hydrogens is 396 g/mol. The van der Waals surface area contributed by atoms with Crippen molar-refractivity contribution in [1.82, 2.24) is 14.6 Å². The van der Waals surface area contributed by atoms with E-state index in [0.29, 0.717) is 22.6 Å². The molecule has 2 heterocycles. The van der Waals surface area contributed by atoms with E-state index in [9.17, 15) is 9.59 Å². The Kier molecular flexibility index (Phi) is 5.61. The molecule has 0 saturated carbocycles. The number of amides is 1. The molecule has 2 aromatic heterocycles. The summed E-state index contributed by atoms with van der Waals surface area (Å²) < 4.78 is 12.6. The van der Waals surface area contributed by atoms with E-state index in [1.807, 2.05) is 19.1 Å². The van der Waals surface area contributed by atoms with Crippen LogP contribution >= 0.6 is 0 Å². The average Bonchev–Trinajstić information content (AvgIpc) is 3.26. The van der Waals surface area contributed by atoms with E-state index >= 15 is 0 Å². The lowest BCUT2D eigenvalue weighted by Crippen LogP contribution is -2.26. The van der Waals surface area contributed by atoms with Crippen molar-refractivity contribution in [3.05, 3.63) is 89.9 Å². The topological polar surface area (TPSA) is 94.8 Å². The molecule has 2 aromatic carbocycles. The lowest BCUT2D eigenvalue weighted by Gasteiger charge is -2.19. The maximum absolute atomic E-state index is 13.2. The van der Waals surface area contributed by atoms with E-state index < -0.39 is 18.0 Å². The zero-order valence-electron chi connectivity index (χ0n) is 17.0. The fourth-order valence-corrected chi connectivity index (χ4v) is 3.14. The number of anilines is 1. The number of hydrogen-bond acceptors (Lipinski definition) is 6. The van der Waals surface area contributed by atoms with Crippen molar-refractivity contribution in [1.29, 1.82) is 0 Å². The van der Waals surface area contributed by atoms with Gasteiger partial charge in [-0.05, 0) is 36.8 Å². The molecule has 1 unspecified atom stereocenters. The van der Waals surface area contributed by atoms with Crippen LogP contribution in [0, 0.1) is 6.92 Å². The molecule has 0 radical (unpaired) electrons. The van der Waals surface area contributed by atoms with Crippen LogP contribution in [0.4, 0.5) is 5.69 Å². The van der Waals surface area contributed by atoms with Gasteiger partial charge in [-0.25, -0.2) is 4.79 Å². The molecule has 0 fully saturated rings. The standard InChI is InChI=1S/C23H20N4O4/c1-15-8-10-19(30-2)18(12-15)25-22(28)21(16-6-4-3-5-7-16)31-23(29)17-9-11-20-26-24-14-27(20)13-17/h3-14,21H,1-2H3,(H,25,28). The first-order chi connectivity index (χ1) is 15.0. The molecule has 1 amide bonds. The number of methoxy groups -OCH3 is 1. The number of hydrogen-bond donors (Lipinski definition) is 1. The van der Waals surface area contributed by atoms with E-state index in [0.717, 1.165) is 5.56 Å². The number of aromatic nitrogens is 3. The number of nitrogens with one attached hydrogen (secondary N) is 1. The van der Waals surface area contributed by atoms with Crippen LogP contribution in [0.5, 0.6) is 5.75 Å². The average molecular weight is 416 g/mol. The van der Waals surface area contributed by atoms with E-state index in [-0.39, 0.29) is 5.56 Å². The van der Waals surface area contributed by atoms with Crippen LogP contribution < -0.4 is 10.1 Å². The molecule has 0 aliphatic heterocycles. The summed E-state index contributed by atoms with van der Waals surface area (Å²) in [6.07, 6.45) is 1.88. The van der Waals surface area contributed by atoms with E-state index in [2.05, 4.69) is 15.5 Å². The number of carbonyl (C=O) groups is 2. The fourth-order valence-electron chi connectivity index (χ4n) is 3.14. The van der Waals surface area contributed by atoms with Gasteiger partial charge < -0.3 is 14.8 Å². The molecule has 1 atom stereocenters. The van der Waals surface area contributed by atoms with Gasteiger partial charge in [0.2, 0.25) is 6.10 Å². The largest absolute Gasteiger partial charge is 0.495 e. The first-order valence-corrected chi connectivity index (χ1v) is 9.56. The Bertz CT molecular complexity index is 1240. The van der Waals surface area contributed by atoms with Crippen molar-refractivity contribution in [2.24, 2.45) is 0 Å². The summed E-state index contributed by atoms with van der Waals surface area (Å²) in [5, 5.41) is 10.5. The lowest BCUT2D eigenvalue weighted by molar-refractivity contribution is -0.125. The highest BCUT2D eigenvalue weighted by molar-refractivity contribution is 5.99. The summed E-state index contributed by atoms with van der Waals surface area (Å²) >= 11 is 0. The van der Waals surface area contributed by atoms with Gasteiger partial charge in [-0.3, -0.25) is 9.20 Å². The quantitative estimate of drug-likeness (QED) is 0.483. The van der Waals surface area contributed by atoms with Crippen molar-refractivity contribution in [3.8, 4) is 5.75 Å². The number of nitrogens with zero attached hydrogens (tertiary/aromatic N) is 3. The SMILES string of the molecule is COc1ccc(C)cc1NC(=O)C(OC(=O)c1ccc2nncn2c1)c1ccccc1. The van der Waals surface area contributed by atoms with Gasteiger partial charge in [0.25, 0.3) is 5.91 Å². The summed E-state index contributed by atoms with van der Waals surface area (Å²) in [6.45, 7) is 1.91. The van der Waals surface area contributed by atoms with Crippen LogP contribution in [0.2, 0.25) is 0 Å². The molecule has 1 N–H and O–H groups in total. The Morgan fingerprint density at radius 1 is 1.06 bits per heavy atom. The van der Waals surface area contributed by atoms with Gasteiger partial charge in [0.15, 0.2) is 5.65 Å². The number of rotatable bonds is 6. The molecule has 0 saturated heterocycles. The first kappa shape index (κ1) is 20.1. The smallest absolute Gasteiger partial charge is 0.340 e. The molecule has 31 heavy (non-hydrogen) atoms. The van der Waals surface area contributed by atoms with Crippen LogP contribution in [0.3, 0.4) is 0 Å². The Morgan fingerprint density at radius 3 is 2.65 bits per heavy atom. The maximum atomic E-state index is 13.2. The number of benzene rings is 2. The number of carbonyl (C=O) groups excluding carboxylic acids is 2. The first-order valence-electron chi connectivity index (χ1n) is 9.56. The minimum atomic E-state index is -1.16. The normalized spacial score (nSPS) is 11.7. The van der Waals surface area contributed by atoms with Gasteiger partial charge in [-0.15, -0.1) is 10.2 Å². The van der Waals surface area contributed by atoms with Gasteiger partial charge in [-0.1, -0.05) is 36.4 Å². The molecule has 0 aliphatic rings. The number of pyridine rings is 1. The van der Waals surface area contributed by atoms with Crippen LogP contribution in [0.25, 0.3) is 5.65 Å². The van der Waals surface area contributed by atoms with Crippen LogP contribution in [-0.2, 0) is 9.53 Å². The Labute approximate surface area is 178 Å². The number of fused-ring (bicyclic) bond motifs is 1. The second-order valence-electron chi connectivity index (χ2n) is 6.90. The van der Waals surface area contributed by atoms with E-state index in [1.54, 1.807) is 59.1 Å². The van der Waals surface area contributed by atoms with Crippen LogP contribution in [-0.4, -0.2) is 33.6 Å². The zero-order chi connectivity index (χ0) is 21.8. The van der Waals surface area contributed by atoms with Crippen molar-refractivity contribution in [2.45, 2.75) is 13.0 Å². The predicted octanol–water partition coefficient (Wildman–Crippen LogP) is 3.58. The highest BCUT2D eigenvalue weighted by Crippen LogP contribution is 2.28. The second-order valence-corrected chi connectivity index (χ2v) is 6.90. The molecule has 8 heteroatoms. The minimum absolute atomic E-state index is 0.272. The summed E-state index contributed by atoms with van der Waals surface area (Å²) in [7, 11) is 1.52. The highest BCUT2D eigenvalue weighted by atomic mass is 16.5. The summed E-state index contributed by atoms with van der Waals surface area (Å²) in [4.78, 5) is 26.0. The number of aryl methyl sites for hydroxylation is 1. The molecule has 4 aromatic rings. The Balaban J connectivity index is 1.62. The van der Waals surface area contributed by atoms with Gasteiger partial charge in [-0.2, -0.15) is 0 Å². The van der Waals surface area contributed by atoms with Gasteiger partial charge in [0.1, 0.15) is 12.1 Å². The molecule has 4 rings (SSSR count). The van der Waals surface area contributed by atoms with Crippen molar-refractivity contribution < 1.29 is 19.1 Å². The van der Waals surface area contributed by atoms with Crippen molar-refractivity contribution in [2.75, 3.05) is 12.4 Å². The Hall–Kier alpha value is -4.20. The summed E-state index contributed by atoms with van der Waals surface area (Å²) in [5.74, 6) is -0.625. The molecule has 0 bridgehead atoms. The molecule has 0 spiro atoms. The van der Waals surface area contributed by atoms with Crippen molar-refractivity contribution >= 4 is 23.2 Å². The third kappa shape index (κ3) is 4.37. The third-order valence-electron chi connectivity index (χ3n) is 4.70. The second kappa shape index (κ2) is 8.66. The molecular formula is C23H20N4O4. The number of ether oxygens (including phenoxy) is 2. The zero-order valence-corrected chi connectivity index (χ0v) is 17.0. The number of esters is 1. The van der Waals surface area contributed by atoms with Gasteiger partial charge in [0.05, 0.1) is 18.4 Å². The maximum Gasteiger partial charge on any atom is 0.340 e. The van der Waals surface area contributed by atoms with Gasteiger partial charge >= 0.3 is 5.97 Å². The van der Waals surface area contributed by atoms with Crippen molar-refractivity contribution in [3.63, 3.8) is 0 Å². The van der Waals surface area contributed by atoms with Gasteiger partial charge in [0, 0.05) is 11.8 Å². The van der Waals surface area contributed by atoms with Crippen LogP contribution in [0.15, 0.2) is 73.2 Å².